The number of carbonyl (C=O) groups excluding carboxylic acids is 1. The summed E-state index contributed by atoms with van der Waals surface area (Å²) in [4.78, 5) is 29.1. The summed E-state index contributed by atoms with van der Waals surface area (Å²) in [6.45, 7) is 3.24. The largest absolute Gasteiger partial charge is 0.494 e. The molecule has 1 fully saturated rings. The predicted molar refractivity (Wildman–Crippen MR) is 153 cm³/mol. The van der Waals surface area contributed by atoms with Gasteiger partial charge in [-0.15, -0.1) is 0 Å². The second kappa shape index (κ2) is 12.4. The number of pyridine rings is 2. The van der Waals surface area contributed by atoms with Crippen LogP contribution >= 0.6 is 23.5 Å². The van der Waals surface area contributed by atoms with Gasteiger partial charge in [0.2, 0.25) is 5.91 Å². The van der Waals surface area contributed by atoms with Crippen LogP contribution in [0.5, 0.6) is 17.2 Å². The Morgan fingerprint density at radius 2 is 1.85 bits per heavy atom. The van der Waals surface area contributed by atoms with Gasteiger partial charge in [-0.05, 0) is 37.0 Å². The molecule has 1 amide bonds. The molecule has 0 aliphatic carbocycles. The first-order valence-electron chi connectivity index (χ1n) is 12.6. The molecule has 1 aromatic carbocycles. The van der Waals surface area contributed by atoms with Gasteiger partial charge in [-0.2, -0.15) is 5.26 Å². The Bertz CT molecular complexity index is 1400. The smallest absolute Gasteiger partial charge is 0.219 e. The molecule has 4 heterocycles. The highest BCUT2D eigenvalue weighted by Crippen LogP contribution is 2.37. The van der Waals surface area contributed by atoms with Crippen LogP contribution in [0.4, 0.5) is 5.82 Å². The zero-order chi connectivity index (χ0) is 27.2. The maximum Gasteiger partial charge on any atom is 0.219 e. The summed E-state index contributed by atoms with van der Waals surface area (Å²) < 4.78 is 11.5. The topological polar surface area (TPSA) is 113 Å². The zero-order valence-electron chi connectivity index (χ0n) is 21.7. The van der Waals surface area contributed by atoms with Gasteiger partial charge in [-0.3, -0.25) is 9.79 Å². The van der Waals surface area contributed by atoms with E-state index < -0.39 is 0 Å². The third kappa shape index (κ3) is 6.64. The van der Waals surface area contributed by atoms with Gasteiger partial charge in [-0.25, -0.2) is 9.97 Å². The predicted octanol–water partition coefficient (Wildman–Crippen LogP) is 5.44. The van der Waals surface area contributed by atoms with Gasteiger partial charge in [0.1, 0.15) is 11.8 Å². The first-order chi connectivity index (χ1) is 19.0. The Morgan fingerprint density at radius 1 is 1.13 bits per heavy atom. The first kappa shape index (κ1) is 26.8. The molecule has 9 nitrogen and oxygen atoms in total. The number of hydrogen-bond donors (Lipinski definition) is 1. The number of piperidine rings is 1. The van der Waals surface area contributed by atoms with E-state index in [1.165, 1.54) is 18.9 Å². The van der Waals surface area contributed by atoms with Gasteiger partial charge in [0.05, 0.1) is 13.2 Å². The minimum atomic E-state index is 0.147. The first-order valence-corrected chi connectivity index (χ1v) is 14.4. The number of nitrogens with one attached hydrogen (secondary N) is 1. The zero-order valence-corrected chi connectivity index (χ0v) is 23.3. The molecule has 5 rings (SSSR count). The lowest BCUT2D eigenvalue weighted by Gasteiger charge is -2.33. The average molecular weight is 561 g/mol. The number of aromatic nitrogens is 2. The number of ether oxygens (including phenoxy) is 2. The van der Waals surface area contributed by atoms with E-state index in [0.29, 0.717) is 29.0 Å². The second-order valence-corrected chi connectivity index (χ2v) is 11.3. The molecule has 39 heavy (non-hydrogen) atoms. The molecule has 11 heteroatoms. The molecule has 1 unspecified atom stereocenters. The van der Waals surface area contributed by atoms with E-state index >= 15 is 0 Å². The fraction of sp³-hybridized carbons (Fsp3) is 0.321. The van der Waals surface area contributed by atoms with Crippen molar-refractivity contribution in [2.75, 3.05) is 31.3 Å². The number of thioether (sulfide) groups is 1. The highest BCUT2D eigenvalue weighted by molar-refractivity contribution is 8.14. The summed E-state index contributed by atoms with van der Waals surface area (Å²) in [6, 6.07) is 15.5. The molecule has 2 aliphatic rings. The van der Waals surface area contributed by atoms with Crippen molar-refractivity contribution in [2.24, 2.45) is 10.9 Å². The number of para-hydroxylation sites is 1. The monoisotopic (exact) mass is 560 g/mol. The van der Waals surface area contributed by atoms with Crippen LogP contribution in [0, 0.1) is 17.2 Å². The Balaban J connectivity index is 1.34. The highest BCUT2D eigenvalue weighted by atomic mass is 32.2. The summed E-state index contributed by atoms with van der Waals surface area (Å²) in [5.74, 6) is 3.79. The Morgan fingerprint density at radius 3 is 2.54 bits per heavy atom. The molecule has 0 radical (unpaired) electrons. The van der Waals surface area contributed by atoms with Gasteiger partial charge >= 0.3 is 0 Å². The van der Waals surface area contributed by atoms with Crippen molar-refractivity contribution in [3.8, 4) is 23.3 Å². The SMILES string of the molecule is COc1cc(Sc2cnc(NC3=NC(C4CCN(C(C)=O)CC4)CS3)c(Oc3ccccc3)c2)cnc1C#N. The number of nitriles is 1. The van der Waals surface area contributed by atoms with Gasteiger partial charge in [0.15, 0.2) is 28.2 Å². The van der Waals surface area contributed by atoms with Crippen molar-refractivity contribution in [1.29, 1.82) is 5.26 Å². The van der Waals surface area contributed by atoms with Crippen molar-refractivity contribution in [2.45, 2.75) is 35.6 Å². The molecule has 1 N–H and O–H groups in total. The van der Waals surface area contributed by atoms with Crippen molar-refractivity contribution >= 4 is 40.4 Å². The van der Waals surface area contributed by atoms with Crippen LogP contribution in [0.2, 0.25) is 0 Å². The van der Waals surface area contributed by atoms with Gasteiger partial charge < -0.3 is 19.7 Å². The molecular weight excluding hydrogens is 532 g/mol. The number of benzene rings is 1. The van der Waals surface area contributed by atoms with Gasteiger partial charge in [0.25, 0.3) is 0 Å². The van der Waals surface area contributed by atoms with Gasteiger partial charge in [0, 0.05) is 54.0 Å². The molecule has 3 aromatic rings. The average Bonchev–Trinajstić information content (AvgIpc) is 3.43. The lowest BCUT2D eigenvalue weighted by atomic mass is 9.90. The molecule has 200 valence electrons. The van der Waals surface area contributed by atoms with E-state index in [4.69, 9.17) is 14.5 Å². The quantitative estimate of drug-likeness (QED) is 0.403. The van der Waals surface area contributed by atoms with Crippen molar-refractivity contribution < 1.29 is 14.3 Å². The number of hydrogen-bond acceptors (Lipinski definition) is 10. The second-order valence-electron chi connectivity index (χ2n) is 9.15. The summed E-state index contributed by atoms with van der Waals surface area (Å²) in [5.41, 5.74) is 0.241. The van der Waals surface area contributed by atoms with Crippen LogP contribution in [0.3, 0.4) is 0 Å². The number of amidine groups is 1. The number of nitrogens with zero attached hydrogens (tertiary/aromatic N) is 5. The number of amides is 1. The number of likely N-dealkylation sites (tertiary alicyclic amines) is 1. The summed E-state index contributed by atoms with van der Waals surface area (Å²) in [6.07, 6.45) is 5.36. The van der Waals surface area contributed by atoms with Crippen LogP contribution in [0.1, 0.15) is 25.5 Å². The lowest BCUT2D eigenvalue weighted by molar-refractivity contribution is -0.130. The van der Waals surface area contributed by atoms with Crippen LogP contribution in [0.25, 0.3) is 0 Å². The molecule has 1 atom stereocenters. The van der Waals surface area contributed by atoms with Crippen molar-refractivity contribution in [3.05, 3.63) is 60.6 Å². The summed E-state index contributed by atoms with van der Waals surface area (Å²) in [7, 11) is 1.52. The van der Waals surface area contributed by atoms with Crippen molar-refractivity contribution in [1.82, 2.24) is 14.9 Å². The fourth-order valence-corrected chi connectivity index (χ4v) is 6.40. The molecule has 0 saturated carbocycles. The number of methoxy groups -OCH3 is 1. The van der Waals surface area contributed by atoms with E-state index in [1.54, 1.807) is 37.1 Å². The minimum Gasteiger partial charge on any atom is -0.494 e. The molecule has 0 bridgehead atoms. The van der Waals surface area contributed by atoms with Crippen molar-refractivity contribution in [3.63, 3.8) is 0 Å². The minimum absolute atomic E-state index is 0.147. The third-order valence-electron chi connectivity index (χ3n) is 6.62. The van der Waals surface area contributed by atoms with E-state index in [-0.39, 0.29) is 17.6 Å². The molecule has 2 aliphatic heterocycles. The maximum absolute atomic E-state index is 11.7. The van der Waals surface area contributed by atoms with Crippen LogP contribution in [-0.4, -0.2) is 57.9 Å². The third-order valence-corrected chi connectivity index (χ3v) is 8.52. The summed E-state index contributed by atoms with van der Waals surface area (Å²) in [5, 5.41) is 13.4. The highest BCUT2D eigenvalue weighted by Gasteiger charge is 2.31. The van der Waals surface area contributed by atoms with Gasteiger partial charge in [-0.1, -0.05) is 41.7 Å². The maximum atomic E-state index is 11.7. The molecule has 0 spiro atoms. The lowest BCUT2D eigenvalue weighted by Crippen LogP contribution is -2.39. The number of carbonyl (C=O) groups is 1. The van der Waals surface area contributed by atoms with Crippen LogP contribution < -0.4 is 14.8 Å². The van der Waals surface area contributed by atoms with Crippen LogP contribution in [0.15, 0.2) is 69.6 Å². The summed E-state index contributed by atoms with van der Waals surface area (Å²) >= 11 is 3.13. The molecule has 2 aromatic heterocycles. The van der Waals surface area contributed by atoms with E-state index in [0.717, 1.165) is 46.6 Å². The van der Waals surface area contributed by atoms with E-state index in [1.807, 2.05) is 47.4 Å². The normalized spacial score (nSPS) is 17.3. The Hall–Kier alpha value is -3.75. The fourth-order valence-electron chi connectivity index (χ4n) is 4.53. The van der Waals surface area contributed by atoms with Crippen LogP contribution in [-0.2, 0) is 4.79 Å². The molecule has 1 saturated heterocycles. The Kier molecular flexibility index (Phi) is 8.54. The number of rotatable bonds is 7. The standard InChI is InChI=1S/C28H28N6O3S2/c1-18(35)34-10-8-19(9-11-34)24-17-38-28(32-24)33-27-26(37-20-6-4-3-5-7-20)13-22(16-31-27)39-21-12-25(36-2)23(14-29)30-15-21/h3-7,12-13,15-16,19,24H,8-11,17H2,1-2H3,(H,31,32,33). The molecular formula is C28H28N6O3S2. The van der Waals surface area contributed by atoms with E-state index in [9.17, 15) is 10.1 Å². The number of aliphatic imine (C=N–C) groups is 1. The Labute approximate surface area is 236 Å². The number of anilines is 1. The van der Waals surface area contributed by atoms with E-state index in [2.05, 4.69) is 15.3 Å².